The maximum atomic E-state index is 14.5. The van der Waals surface area contributed by atoms with Gasteiger partial charge in [0.2, 0.25) is 0 Å². The molecule has 0 unspecified atom stereocenters. The number of hydrogen-bond donors (Lipinski definition) is 1. The summed E-state index contributed by atoms with van der Waals surface area (Å²) in [6.07, 6.45) is -0.289. The number of nitrogens with one attached hydrogen (secondary N) is 1. The summed E-state index contributed by atoms with van der Waals surface area (Å²) in [7, 11) is 0. The van der Waals surface area contributed by atoms with Crippen LogP contribution in [0.25, 0.3) is 10.8 Å². The lowest BCUT2D eigenvalue weighted by Crippen LogP contribution is -2.56. The number of hydrogen-bond acceptors (Lipinski definition) is 4. The molecule has 2 amide bonds. The van der Waals surface area contributed by atoms with Crippen LogP contribution in [0.1, 0.15) is 50.5 Å². The standard InChI is InChI=1S/C24H30FN3O3/c1-14(2)20-13-28(23(30)31-24(3,4)5)9-8-27(20)12-15-10-16-18(25)6-7-19-21(16)17(11-15)22(29)26-19/h6-7,10-11,14,20H,8-9,12-13H2,1-5H3,(H,26,29)/t20-/m1/s1. The van der Waals surface area contributed by atoms with Gasteiger partial charge >= 0.3 is 6.09 Å². The summed E-state index contributed by atoms with van der Waals surface area (Å²) in [5.41, 5.74) is 1.55. The van der Waals surface area contributed by atoms with Crippen LogP contribution in [-0.4, -0.2) is 53.1 Å². The second kappa shape index (κ2) is 7.79. The molecule has 0 spiro atoms. The van der Waals surface area contributed by atoms with Gasteiger partial charge in [0.05, 0.1) is 5.56 Å². The van der Waals surface area contributed by atoms with Crippen LogP contribution in [0.2, 0.25) is 0 Å². The summed E-state index contributed by atoms with van der Waals surface area (Å²) < 4.78 is 20.1. The molecule has 2 aliphatic rings. The monoisotopic (exact) mass is 427 g/mol. The molecular weight excluding hydrogens is 397 g/mol. The zero-order valence-electron chi connectivity index (χ0n) is 18.8. The number of anilines is 1. The molecule has 0 bridgehead atoms. The van der Waals surface area contributed by atoms with Gasteiger partial charge in [-0.2, -0.15) is 0 Å². The van der Waals surface area contributed by atoms with Crippen LogP contribution in [0, 0.1) is 11.7 Å². The minimum atomic E-state index is -0.529. The molecule has 166 valence electrons. The van der Waals surface area contributed by atoms with Crippen molar-refractivity contribution in [2.45, 2.75) is 52.8 Å². The fraction of sp³-hybridized carbons (Fsp3) is 0.500. The molecular formula is C24H30FN3O3. The molecule has 7 heteroatoms. The molecule has 0 aliphatic carbocycles. The Labute approximate surface area is 182 Å². The number of carbonyl (C=O) groups excluding carboxylic acids is 2. The molecule has 31 heavy (non-hydrogen) atoms. The molecule has 2 heterocycles. The number of halogens is 1. The van der Waals surface area contributed by atoms with E-state index in [9.17, 15) is 14.0 Å². The highest BCUT2D eigenvalue weighted by atomic mass is 19.1. The summed E-state index contributed by atoms with van der Waals surface area (Å²) in [5, 5.41) is 3.94. The van der Waals surface area contributed by atoms with E-state index in [2.05, 4.69) is 24.1 Å². The van der Waals surface area contributed by atoms with E-state index >= 15 is 0 Å². The number of piperazine rings is 1. The van der Waals surface area contributed by atoms with Crippen LogP contribution in [0.3, 0.4) is 0 Å². The zero-order valence-corrected chi connectivity index (χ0v) is 18.8. The van der Waals surface area contributed by atoms with Gasteiger partial charge in [0, 0.05) is 48.7 Å². The molecule has 0 radical (unpaired) electrons. The Hall–Kier alpha value is -2.67. The molecule has 1 fully saturated rings. The van der Waals surface area contributed by atoms with Gasteiger partial charge in [0.25, 0.3) is 5.91 Å². The summed E-state index contributed by atoms with van der Waals surface area (Å²) in [6.45, 7) is 12.3. The SMILES string of the molecule is CC(C)[C@H]1CN(C(=O)OC(C)(C)C)CCN1Cc1cc2c3c(ccc(F)c3c1)NC2=O. The van der Waals surface area contributed by atoms with E-state index in [0.717, 1.165) is 5.56 Å². The Morgan fingerprint density at radius 2 is 2.00 bits per heavy atom. The predicted octanol–water partition coefficient (Wildman–Crippen LogP) is 4.62. The van der Waals surface area contributed by atoms with E-state index in [4.69, 9.17) is 4.74 Å². The van der Waals surface area contributed by atoms with Gasteiger partial charge in [-0.1, -0.05) is 13.8 Å². The average molecular weight is 428 g/mol. The molecule has 2 aliphatic heterocycles. The number of benzene rings is 2. The average Bonchev–Trinajstić information content (AvgIpc) is 3.00. The van der Waals surface area contributed by atoms with E-state index in [1.807, 2.05) is 32.9 Å². The van der Waals surface area contributed by atoms with E-state index in [1.54, 1.807) is 11.0 Å². The third-order valence-corrected chi connectivity index (χ3v) is 5.95. The molecule has 4 rings (SSSR count). The lowest BCUT2D eigenvalue weighted by Gasteiger charge is -2.43. The smallest absolute Gasteiger partial charge is 0.410 e. The molecule has 0 aromatic heterocycles. The minimum Gasteiger partial charge on any atom is -0.444 e. The first-order valence-electron chi connectivity index (χ1n) is 10.8. The van der Waals surface area contributed by atoms with Gasteiger partial charge in [-0.05, 0) is 56.5 Å². The third-order valence-electron chi connectivity index (χ3n) is 5.95. The van der Waals surface area contributed by atoms with Crippen molar-refractivity contribution in [2.24, 2.45) is 5.92 Å². The Balaban J connectivity index is 1.57. The molecule has 1 atom stereocenters. The van der Waals surface area contributed by atoms with Gasteiger partial charge in [-0.25, -0.2) is 9.18 Å². The van der Waals surface area contributed by atoms with E-state index in [0.29, 0.717) is 54.1 Å². The number of carbonyl (C=O) groups is 2. The number of rotatable bonds is 3. The number of ether oxygens (including phenoxy) is 1. The lowest BCUT2D eigenvalue weighted by molar-refractivity contribution is -0.00427. The van der Waals surface area contributed by atoms with Gasteiger partial charge in [0.15, 0.2) is 0 Å². The number of nitrogens with zero attached hydrogens (tertiary/aromatic N) is 2. The van der Waals surface area contributed by atoms with Crippen LogP contribution in [-0.2, 0) is 11.3 Å². The highest BCUT2D eigenvalue weighted by Gasteiger charge is 2.34. The lowest BCUT2D eigenvalue weighted by atomic mass is 9.97. The normalized spacial score (nSPS) is 19.3. The first kappa shape index (κ1) is 21.6. The summed E-state index contributed by atoms with van der Waals surface area (Å²) in [5.74, 6) is -0.205. The highest BCUT2D eigenvalue weighted by molar-refractivity contribution is 6.24. The van der Waals surface area contributed by atoms with Crippen LogP contribution in [0.4, 0.5) is 14.9 Å². The summed E-state index contributed by atoms with van der Waals surface area (Å²) in [6, 6.07) is 6.85. The van der Waals surface area contributed by atoms with Crippen molar-refractivity contribution >= 4 is 28.5 Å². The largest absolute Gasteiger partial charge is 0.444 e. The second-order valence-corrected chi connectivity index (χ2v) is 9.82. The first-order valence-corrected chi connectivity index (χ1v) is 10.8. The zero-order chi connectivity index (χ0) is 22.5. The molecule has 1 saturated heterocycles. The molecule has 6 nitrogen and oxygen atoms in total. The summed E-state index contributed by atoms with van der Waals surface area (Å²) in [4.78, 5) is 29.0. The molecule has 2 aromatic carbocycles. The van der Waals surface area contributed by atoms with E-state index < -0.39 is 5.60 Å². The van der Waals surface area contributed by atoms with Crippen LogP contribution in [0.5, 0.6) is 0 Å². The Bertz CT molecular complexity index is 1040. The predicted molar refractivity (Wildman–Crippen MR) is 119 cm³/mol. The summed E-state index contributed by atoms with van der Waals surface area (Å²) >= 11 is 0. The fourth-order valence-corrected chi connectivity index (χ4v) is 4.48. The van der Waals surface area contributed by atoms with Crippen LogP contribution in [0.15, 0.2) is 24.3 Å². The van der Waals surface area contributed by atoms with Crippen molar-refractivity contribution in [2.75, 3.05) is 25.0 Å². The number of amides is 2. The Morgan fingerprint density at radius 3 is 2.68 bits per heavy atom. The van der Waals surface area contributed by atoms with Gasteiger partial charge in [0.1, 0.15) is 11.4 Å². The second-order valence-electron chi connectivity index (χ2n) is 9.82. The Kier molecular flexibility index (Phi) is 5.41. The topological polar surface area (TPSA) is 61.9 Å². The van der Waals surface area contributed by atoms with Crippen molar-refractivity contribution in [1.82, 2.24) is 9.80 Å². The van der Waals surface area contributed by atoms with Crippen LogP contribution < -0.4 is 5.32 Å². The van der Waals surface area contributed by atoms with Crippen LogP contribution >= 0.6 is 0 Å². The molecule has 1 N–H and O–H groups in total. The van der Waals surface area contributed by atoms with Crippen molar-refractivity contribution in [3.8, 4) is 0 Å². The van der Waals surface area contributed by atoms with Crippen molar-refractivity contribution in [3.63, 3.8) is 0 Å². The van der Waals surface area contributed by atoms with E-state index in [1.165, 1.54) is 6.07 Å². The minimum absolute atomic E-state index is 0.135. The fourth-order valence-electron chi connectivity index (χ4n) is 4.48. The quantitative estimate of drug-likeness (QED) is 0.776. The van der Waals surface area contributed by atoms with Gasteiger partial charge < -0.3 is 15.0 Å². The van der Waals surface area contributed by atoms with Crippen molar-refractivity contribution in [3.05, 3.63) is 41.2 Å². The van der Waals surface area contributed by atoms with Gasteiger partial charge in [-0.15, -0.1) is 0 Å². The van der Waals surface area contributed by atoms with Crippen molar-refractivity contribution < 1.29 is 18.7 Å². The maximum Gasteiger partial charge on any atom is 0.410 e. The Morgan fingerprint density at radius 1 is 1.26 bits per heavy atom. The molecule has 2 aromatic rings. The van der Waals surface area contributed by atoms with E-state index in [-0.39, 0.29) is 23.9 Å². The molecule has 0 saturated carbocycles. The van der Waals surface area contributed by atoms with Crippen molar-refractivity contribution in [1.29, 1.82) is 0 Å². The third kappa shape index (κ3) is 4.24. The maximum absolute atomic E-state index is 14.5. The highest BCUT2D eigenvalue weighted by Crippen LogP contribution is 2.36. The first-order chi connectivity index (χ1) is 14.5. The van der Waals surface area contributed by atoms with Gasteiger partial charge in [-0.3, -0.25) is 9.69 Å².